The minimum Gasteiger partial charge on any atom is -0.467 e. The first-order valence-corrected chi connectivity index (χ1v) is 12.4. The van der Waals surface area contributed by atoms with Gasteiger partial charge in [-0.05, 0) is 0 Å². The number of methoxy groups -OCH3 is 2. The maximum Gasteiger partial charge on any atom is 0.331 e. The monoisotopic (exact) mass is 532 g/mol. The fourth-order valence-electron chi connectivity index (χ4n) is 2.82. The van der Waals surface area contributed by atoms with E-state index in [1.54, 1.807) is 60.7 Å². The molecule has 0 radical (unpaired) electrons. The number of carbonyl (C=O) groups excluding carboxylic acids is 6. The van der Waals surface area contributed by atoms with Crippen molar-refractivity contribution in [1.82, 2.24) is 10.6 Å². The lowest BCUT2D eigenvalue weighted by atomic mass is 10.1. The maximum atomic E-state index is 12.5. The van der Waals surface area contributed by atoms with Crippen molar-refractivity contribution in [3.05, 3.63) is 71.8 Å². The number of carbonyl (C=O) groups is 6. The van der Waals surface area contributed by atoms with Gasteiger partial charge in [-0.1, -0.05) is 84.2 Å². The summed E-state index contributed by atoms with van der Waals surface area (Å²) in [6, 6.07) is 13.3. The Morgan fingerprint density at radius 2 is 0.972 bits per heavy atom. The van der Waals surface area contributed by atoms with E-state index in [9.17, 15) is 28.8 Å². The summed E-state index contributed by atoms with van der Waals surface area (Å²) in [7, 11) is 2.08. The highest BCUT2D eigenvalue weighted by molar-refractivity contribution is 8.14. The molecule has 0 aliphatic rings. The molecule has 2 aromatic carbocycles. The van der Waals surface area contributed by atoms with E-state index in [0.29, 0.717) is 34.7 Å². The Morgan fingerprint density at radius 3 is 1.28 bits per heavy atom. The highest BCUT2D eigenvalue weighted by atomic mass is 32.2. The van der Waals surface area contributed by atoms with E-state index in [4.69, 9.17) is 0 Å². The Labute approximate surface area is 215 Å². The van der Waals surface area contributed by atoms with E-state index in [1.165, 1.54) is 0 Å². The van der Waals surface area contributed by atoms with Gasteiger partial charge in [0.15, 0.2) is 12.1 Å². The lowest BCUT2D eigenvalue weighted by Crippen LogP contribution is -2.60. The molecule has 0 aliphatic heterocycles. The number of hydrogen-bond acceptors (Lipinski definition) is 10. The Morgan fingerprint density at radius 1 is 0.639 bits per heavy atom. The molecule has 2 rings (SSSR count). The van der Waals surface area contributed by atoms with E-state index in [2.05, 4.69) is 20.1 Å². The van der Waals surface area contributed by atoms with Crippen LogP contribution in [0.5, 0.6) is 0 Å². The Kier molecular flexibility index (Phi) is 11.7. The van der Waals surface area contributed by atoms with Crippen LogP contribution in [0.1, 0.15) is 20.7 Å². The minimum absolute atomic E-state index is 0.357. The summed E-state index contributed by atoms with van der Waals surface area (Å²) in [5.41, 5.74) is 0.782. The number of benzene rings is 2. The van der Waals surface area contributed by atoms with Crippen LogP contribution < -0.4 is 10.6 Å². The number of thioether (sulfide) groups is 2. The van der Waals surface area contributed by atoms with Gasteiger partial charge in [-0.3, -0.25) is 19.2 Å². The topological polar surface area (TPSA) is 145 Å². The number of hydrogen-bond donors (Lipinski definition) is 2. The Bertz CT molecular complexity index is 1010. The molecule has 0 spiro atoms. The standard InChI is InChI=1S/C24H24N2O8S2/c1-33-21(29)19(25-17(27)13-35-23(31)15-9-5-3-6-10-15)20(22(30)34-2)26-18(28)14-36-24(32)16-11-7-4-8-12-16/h3-12,19-20H,13-14H2,1-2H3,(H,25,27)(H,26,28). The van der Waals surface area contributed by atoms with Gasteiger partial charge in [-0.15, -0.1) is 0 Å². The number of ether oxygens (including phenoxy) is 2. The van der Waals surface area contributed by atoms with Crippen LogP contribution in [0, 0.1) is 0 Å². The maximum absolute atomic E-state index is 12.5. The normalized spacial score (nSPS) is 11.9. The Hall–Kier alpha value is -3.64. The summed E-state index contributed by atoms with van der Waals surface area (Å²) >= 11 is 1.40. The first kappa shape index (κ1) is 28.6. The smallest absolute Gasteiger partial charge is 0.331 e. The van der Waals surface area contributed by atoms with Gasteiger partial charge in [-0.2, -0.15) is 0 Å². The predicted octanol–water partition coefficient (Wildman–Crippen LogP) is 1.45. The fraction of sp³-hybridized carbons (Fsp3) is 0.250. The van der Waals surface area contributed by atoms with Crippen LogP contribution in [-0.2, 0) is 28.7 Å². The summed E-state index contributed by atoms with van der Waals surface area (Å²) in [6.45, 7) is 0. The molecule has 190 valence electrons. The van der Waals surface area contributed by atoms with Crippen molar-refractivity contribution < 1.29 is 38.2 Å². The molecule has 2 amide bonds. The van der Waals surface area contributed by atoms with E-state index in [1.807, 2.05) is 0 Å². The van der Waals surface area contributed by atoms with Crippen LogP contribution in [0.4, 0.5) is 0 Å². The van der Waals surface area contributed by atoms with Gasteiger partial charge >= 0.3 is 11.9 Å². The highest BCUT2D eigenvalue weighted by Gasteiger charge is 2.38. The summed E-state index contributed by atoms with van der Waals surface area (Å²) in [4.78, 5) is 74.1. The van der Waals surface area contributed by atoms with Crippen molar-refractivity contribution in [3.63, 3.8) is 0 Å². The molecular formula is C24H24N2O8S2. The third-order valence-corrected chi connectivity index (χ3v) is 6.37. The SMILES string of the molecule is COC(=O)C(NC(=O)CSC(=O)c1ccccc1)C(NC(=O)CSC(=O)c1ccccc1)C(=O)OC. The van der Waals surface area contributed by atoms with Crippen molar-refractivity contribution in [1.29, 1.82) is 0 Å². The molecule has 2 atom stereocenters. The van der Waals surface area contributed by atoms with Gasteiger partial charge in [-0.25, -0.2) is 9.59 Å². The van der Waals surface area contributed by atoms with Crippen molar-refractivity contribution in [2.24, 2.45) is 0 Å². The molecule has 2 aromatic rings. The minimum atomic E-state index is -1.64. The molecule has 0 saturated carbocycles. The lowest BCUT2D eigenvalue weighted by molar-refractivity contribution is -0.154. The van der Waals surface area contributed by atoms with E-state index < -0.39 is 35.8 Å². The molecule has 0 saturated heterocycles. The third-order valence-electron chi connectivity index (χ3n) is 4.56. The zero-order chi connectivity index (χ0) is 26.5. The molecule has 10 nitrogen and oxygen atoms in total. The largest absolute Gasteiger partial charge is 0.467 e. The van der Waals surface area contributed by atoms with Crippen LogP contribution in [0.3, 0.4) is 0 Å². The molecule has 12 heteroatoms. The summed E-state index contributed by atoms with van der Waals surface area (Å²) in [5.74, 6) is -4.26. The molecule has 2 unspecified atom stereocenters. The van der Waals surface area contributed by atoms with Gasteiger partial charge in [0.05, 0.1) is 25.7 Å². The second-order valence-electron chi connectivity index (χ2n) is 7.02. The summed E-state index contributed by atoms with van der Waals surface area (Å²) in [5, 5.41) is 3.89. The van der Waals surface area contributed by atoms with Crippen molar-refractivity contribution in [2.75, 3.05) is 25.7 Å². The summed E-state index contributed by atoms with van der Waals surface area (Å²) in [6.07, 6.45) is 0. The Balaban J connectivity index is 2.03. The third kappa shape index (κ3) is 8.86. The number of rotatable bonds is 11. The van der Waals surface area contributed by atoms with Crippen LogP contribution in [0.2, 0.25) is 0 Å². The second-order valence-corrected chi connectivity index (χ2v) is 8.92. The first-order chi connectivity index (χ1) is 17.3. The molecule has 0 fully saturated rings. The lowest BCUT2D eigenvalue weighted by Gasteiger charge is -2.25. The van der Waals surface area contributed by atoms with E-state index in [-0.39, 0.29) is 21.7 Å². The van der Waals surface area contributed by atoms with Crippen molar-refractivity contribution in [2.45, 2.75) is 12.1 Å². The molecular weight excluding hydrogens is 508 g/mol. The number of amides is 2. The van der Waals surface area contributed by atoms with E-state index >= 15 is 0 Å². The number of nitrogens with one attached hydrogen (secondary N) is 2. The number of esters is 2. The molecule has 0 aromatic heterocycles. The van der Waals surface area contributed by atoms with Gasteiger partial charge in [0, 0.05) is 11.1 Å². The van der Waals surface area contributed by atoms with Crippen LogP contribution in [0.25, 0.3) is 0 Å². The first-order valence-electron chi connectivity index (χ1n) is 10.5. The highest BCUT2D eigenvalue weighted by Crippen LogP contribution is 2.13. The van der Waals surface area contributed by atoms with Gasteiger partial charge < -0.3 is 20.1 Å². The van der Waals surface area contributed by atoms with Crippen molar-refractivity contribution in [3.8, 4) is 0 Å². The van der Waals surface area contributed by atoms with Gasteiger partial charge in [0.2, 0.25) is 22.0 Å². The van der Waals surface area contributed by atoms with Crippen LogP contribution in [-0.4, -0.2) is 71.8 Å². The molecule has 2 N–H and O–H groups in total. The van der Waals surface area contributed by atoms with E-state index in [0.717, 1.165) is 14.2 Å². The predicted molar refractivity (Wildman–Crippen MR) is 134 cm³/mol. The molecule has 36 heavy (non-hydrogen) atoms. The van der Waals surface area contributed by atoms with Crippen molar-refractivity contribution >= 4 is 57.5 Å². The zero-order valence-corrected chi connectivity index (χ0v) is 21.1. The summed E-state index contributed by atoms with van der Waals surface area (Å²) < 4.78 is 9.35. The fourth-order valence-corrected chi connectivity index (χ4v) is 4.11. The second kappa shape index (κ2) is 14.7. The van der Waals surface area contributed by atoms with Gasteiger partial charge in [0.1, 0.15) is 0 Å². The molecule has 0 aliphatic carbocycles. The van der Waals surface area contributed by atoms with Crippen LogP contribution in [0.15, 0.2) is 60.7 Å². The van der Waals surface area contributed by atoms with Crippen LogP contribution >= 0.6 is 23.5 Å². The molecule has 0 heterocycles. The molecule has 0 bridgehead atoms. The average Bonchev–Trinajstić information content (AvgIpc) is 2.92. The quantitative estimate of drug-likeness (QED) is 0.408. The van der Waals surface area contributed by atoms with Gasteiger partial charge in [0.25, 0.3) is 0 Å². The average molecular weight is 533 g/mol. The zero-order valence-electron chi connectivity index (χ0n) is 19.4.